The zero-order valence-electron chi connectivity index (χ0n) is 12.7. The highest BCUT2D eigenvalue weighted by Gasteiger charge is 2.26. The Morgan fingerprint density at radius 3 is 3.04 bits per heavy atom. The summed E-state index contributed by atoms with van der Waals surface area (Å²) in [6, 6.07) is 3.62. The van der Waals surface area contributed by atoms with Gasteiger partial charge in [-0.05, 0) is 24.6 Å². The van der Waals surface area contributed by atoms with Crippen molar-refractivity contribution in [3.63, 3.8) is 0 Å². The highest BCUT2D eigenvalue weighted by Crippen LogP contribution is 2.21. The van der Waals surface area contributed by atoms with Gasteiger partial charge in [0.25, 0.3) is 0 Å². The summed E-state index contributed by atoms with van der Waals surface area (Å²) in [6.45, 7) is 6.55. The summed E-state index contributed by atoms with van der Waals surface area (Å²) < 4.78 is 5.88. The van der Waals surface area contributed by atoms with E-state index in [4.69, 9.17) is 4.74 Å². The summed E-state index contributed by atoms with van der Waals surface area (Å²) in [5.41, 5.74) is 1.07. The molecule has 8 heteroatoms. The third kappa shape index (κ3) is 3.31. The highest BCUT2D eigenvalue weighted by atomic mass is 16.5. The Balaban J connectivity index is 1.76. The minimum Gasteiger partial charge on any atom is -0.472 e. The third-order valence-electron chi connectivity index (χ3n) is 3.61. The van der Waals surface area contributed by atoms with Gasteiger partial charge in [0.1, 0.15) is 11.8 Å². The number of pyridine rings is 1. The Morgan fingerprint density at radius 1 is 1.52 bits per heavy atom. The first kappa shape index (κ1) is 15.0. The number of carbonyl (C=O) groups is 1. The maximum absolute atomic E-state index is 11.6. The van der Waals surface area contributed by atoms with Crippen LogP contribution in [0.4, 0.5) is 0 Å². The topological polar surface area (TPSA) is 104 Å². The first-order valence-corrected chi connectivity index (χ1v) is 7.27. The molecule has 1 fully saturated rings. The zero-order chi connectivity index (χ0) is 16.4. The number of amides is 1. The molecular weight excluding hydrogens is 298 g/mol. The first-order valence-electron chi connectivity index (χ1n) is 7.27. The minimum absolute atomic E-state index is 0.0944. The van der Waals surface area contributed by atoms with E-state index in [1.807, 2.05) is 13.0 Å². The fourth-order valence-electron chi connectivity index (χ4n) is 2.53. The molecule has 2 aromatic rings. The molecule has 0 aromatic carbocycles. The summed E-state index contributed by atoms with van der Waals surface area (Å²) in [5, 5.41) is 6.18. The summed E-state index contributed by atoms with van der Waals surface area (Å²) in [7, 11) is 0. The van der Waals surface area contributed by atoms with Gasteiger partial charge < -0.3 is 9.64 Å². The van der Waals surface area contributed by atoms with E-state index in [2.05, 4.69) is 26.7 Å². The number of likely N-dealkylation sites (tertiary alicyclic amines) is 1. The van der Waals surface area contributed by atoms with E-state index in [1.165, 1.54) is 6.08 Å². The van der Waals surface area contributed by atoms with Gasteiger partial charge in [0.2, 0.25) is 11.8 Å². The minimum atomic E-state index is -0.389. The molecule has 1 aliphatic rings. The molecule has 8 nitrogen and oxygen atoms in total. The number of rotatable bonds is 4. The van der Waals surface area contributed by atoms with Gasteiger partial charge in [-0.1, -0.05) is 6.58 Å². The van der Waals surface area contributed by atoms with Gasteiger partial charge in [-0.2, -0.15) is 5.10 Å². The molecule has 120 valence electrons. The molecule has 1 atom stereocenters. The Labute approximate surface area is 132 Å². The molecule has 1 amide bonds. The first-order chi connectivity index (χ1) is 11.0. The second-order valence-electron chi connectivity index (χ2n) is 5.41. The van der Waals surface area contributed by atoms with Crippen molar-refractivity contribution < 1.29 is 9.53 Å². The van der Waals surface area contributed by atoms with Crippen LogP contribution in [0.25, 0.3) is 11.5 Å². The van der Waals surface area contributed by atoms with Crippen LogP contribution < -0.4 is 10.4 Å². The Morgan fingerprint density at radius 2 is 2.35 bits per heavy atom. The van der Waals surface area contributed by atoms with Crippen LogP contribution in [-0.2, 0) is 4.79 Å². The molecule has 0 unspecified atom stereocenters. The van der Waals surface area contributed by atoms with Crippen LogP contribution in [0.1, 0.15) is 12.0 Å². The zero-order valence-corrected chi connectivity index (χ0v) is 12.7. The van der Waals surface area contributed by atoms with E-state index in [0.717, 1.165) is 12.0 Å². The monoisotopic (exact) mass is 315 g/mol. The third-order valence-corrected chi connectivity index (χ3v) is 3.61. The summed E-state index contributed by atoms with van der Waals surface area (Å²) in [4.78, 5) is 31.4. The lowest BCUT2D eigenvalue weighted by atomic mass is 10.2. The van der Waals surface area contributed by atoms with Crippen LogP contribution in [0.15, 0.2) is 29.6 Å². The molecule has 2 aromatic heterocycles. The van der Waals surface area contributed by atoms with Gasteiger partial charge in [-0.25, -0.2) is 14.9 Å². The average Bonchev–Trinajstić information content (AvgIpc) is 3.15. The quantitative estimate of drug-likeness (QED) is 0.806. The van der Waals surface area contributed by atoms with E-state index < -0.39 is 0 Å². The van der Waals surface area contributed by atoms with Crippen LogP contribution in [0.3, 0.4) is 0 Å². The van der Waals surface area contributed by atoms with E-state index >= 15 is 0 Å². The molecule has 3 rings (SSSR count). The Hall–Kier alpha value is -2.90. The number of nitrogens with zero attached hydrogens (tertiary/aromatic N) is 3. The van der Waals surface area contributed by atoms with Gasteiger partial charge in [-0.3, -0.25) is 9.78 Å². The molecule has 0 aliphatic carbocycles. The van der Waals surface area contributed by atoms with Gasteiger partial charge >= 0.3 is 5.69 Å². The van der Waals surface area contributed by atoms with Crippen molar-refractivity contribution in [1.29, 1.82) is 0 Å². The largest absolute Gasteiger partial charge is 0.472 e. The Bertz CT molecular complexity index is 794. The van der Waals surface area contributed by atoms with Crippen molar-refractivity contribution in [2.45, 2.75) is 19.4 Å². The summed E-state index contributed by atoms with van der Waals surface area (Å²) in [5.74, 6) is 0.711. The maximum atomic E-state index is 11.6. The average molecular weight is 315 g/mol. The molecule has 1 saturated heterocycles. The molecule has 0 saturated carbocycles. The second-order valence-corrected chi connectivity index (χ2v) is 5.41. The number of aromatic nitrogens is 4. The van der Waals surface area contributed by atoms with Gasteiger partial charge in [0.05, 0.1) is 6.54 Å². The Kier molecular flexibility index (Phi) is 3.96. The van der Waals surface area contributed by atoms with Crippen LogP contribution >= 0.6 is 0 Å². The lowest BCUT2D eigenvalue weighted by Crippen LogP contribution is -2.29. The van der Waals surface area contributed by atoms with Crippen molar-refractivity contribution >= 4 is 5.91 Å². The van der Waals surface area contributed by atoms with Crippen molar-refractivity contribution in [3.05, 3.63) is 40.8 Å². The maximum Gasteiger partial charge on any atom is 0.340 e. The molecule has 0 bridgehead atoms. The fraction of sp³-hybridized carbons (Fsp3) is 0.333. The molecule has 3 heterocycles. The van der Waals surface area contributed by atoms with Crippen molar-refractivity contribution in [2.24, 2.45) is 0 Å². The lowest BCUT2D eigenvalue weighted by molar-refractivity contribution is -0.125. The van der Waals surface area contributed by atoms with Crippen LogP contribution in [0.2, 0.25) is 0 Å². The lowest BCUT2D eigenvalue weighted by Gasteiger charge is -2.15. The van der Waals surface area contributed by atoms with Gasteiger partial charge in [-0.15, -0.1) is 0 Å². The van der Waals surface area contributed by atoms with E-state index in [9.17, 15) is 9.59 Å². The number of hydrogen-bond acceptors (Lipinski definition) is 5. The number of H-pyrrole nitrogens is 2. The molecule has 0 spiro atoms. The molecular formula is C15H17N5O3. The van der Waals surface area contributed by atoms with Crippen LogP contribution in [-0.4, -0.2) is 50.2 Å². The molecule has 0 radical (unpaired) electrons. The number of aryl methyl sites for hydroxylation is 1. The highest BCUT2D eigenvalue weighted by molar-refractivity contribution is 5.87. The van der Waals surface area contributed by atoms with E-state index in [-0.39, 0.29) is 17.7 Å². The number of ether oxygens (including phenoxy) is 1. The molecule has 23 heavy (non-hydrogen) atoms. The smallest absolute Gasteiger partial charge is 0.340 e. The molecule has 2 N–H and O–H groups in total. The fourth-order valence-corrected chi connectivity index (χ4v) is 2.53. The SMILES string of the molecule is C=CC(=O)N1CC[C@H](Oc2cc(C)cc(-c3n[nH]c(=O)[nH]3)n2)C1. The van der Waals surface area contributed by atoms with Crippen LogP contribution in [0, 0.1) is 6.92 Å². The normalized spacial score (nSPS) is 17.3. The number of aromatic amines is 2. The van der Waals surface area contributed by atoms with E-state index in [1.54, 1.807) is 11.0 Å². The van der Waals surface area contributed by atoms with Crippen LogP contribution in [0.5, 0.6) is 5.88 Å². The second kappa shape index (κ2) is 6.07. The molecule has 1 aliphatic heterocycles. The standard InChI is InChI=1S/C15H17N5O3/c1-3-13(21)20-5-4-10(8-20)23-12-7-9(2)6-11(16-12)14-17-15(22)19-18-14/h3,6-7,10H,1,4-5,8H2,2H3,(H2,17,18,19,22)/t10-/m0/s1. The van der Waals surface area contributed by atoms with E-state index in [0.29, 0.717) is 30.5 Å². The van der Waals surface area contributed by atoms with Crippen molar-refractivity contribution in [1.82, 2.24) is 25.1 Å². The van der Waals surface area contributed by atoms with Gasteiger partial charge in [0.15, 0.2) is 5.82 Å². The summed E-state index contributed by atoms with van der Waals surface area (Å²) in [6.07, 6.45) is 1.93. The number of carbonyl (C=O) groups excluding carboxylic acids is 1. The van der Waals surface area contributed by atoms with Gasteiger partial charge in [0, 0.05) is 19.0 Å². The van der Waals surface area contributed by atoms with Crippen molar-refractivity contribution in [2.75, 3.05) is 13.1 Å². The van der Waals surface area contributed by atoms with Crippen molar-refractivity contribution in [3.8, 4) is 17.4 Å². The predicted molar refractivity (Wildman–Crippen MR) is 83.0 cm³/mol. The summed E-state index contributed by atoms with van der Waals surface area (Å²) >= 11 is 0. The number of hydrogen-bond donors (Lipinski definition) is 2. The number of nitrogens with one attached hydrogen (secondary N) is 2. The predicted octanol–water partition coefficient (Wildman–Crippen LogP) is 0.634.